The van der Waals surface area contributed by atoms with Crippen molar-refractivity contribution in [2.24, 2.45) is 0 Å². The van der Waals surface area contributed by atoms with Gasteiger partial charge in [0.15, 0.2) is 11.5 Å². The standard InChI is InChI=1S/C17H16FN7O/c18-14-5-10(8-25-16(14)21-9-22-25)12-6-19-15-13(12)7-20-17(24-15)23-11-1-3-26-4-2-11/h5-9,11H,1-4H2,(H2,19,20,23,24). The maximum Gasteiger partial charge on any atom is 0.224 e. The second-order valence-electron chi connectivity index (χ2n) is 6.29. The Bertz CT molecular complexity index is 1080. The number of H-pyrrole nitrogens is 1. The lowest BCUT2D eigenvalue weighted by atomic mass is 10.1. The first-order chi connectivity index (χ1) is 12.8. The Morgan fingerprint density at radius 3 is 3.04 bits per heavy atom. The maximum absolute atomic E-state index is 14.2. The van der Waals surface area contributed by atoms with Crippen molar-refractivity contribution in [3.8, 4) is 11.1 Å². The lowest BCUT2D eigenvalue weighted by Gasteiger charge is -2.22. The van der Waals surface area contributed by atoms with E-state index in [1.807, 2.05) is 0 Å². The molecule has 132 valence electrons. The molecule has 9 heteroatoms. The molecule has 1 aliphatic heterocycles. The third kappa shape index (κ3) is 2.57. The van der Waals surface area contributed by atoms with E-state index in [4.69, 9.17) is 4.74 Å². The van der Waals surface area contributed by atoms with Crippen LogP contribution < -0.4 is 5.32 Å². The van der Waals surface area contributed by atoms with Gasteiger partial charge >= 0.3 is 0 Å². The number of hydrogen-bond donors (Lipinski definition) is 2. The number of aromatic nitrogens is 6. The number of hydrogen-bond acceptors (Lipinski definition) is 6. The van der Waals surface area contributed by atoms with Gasteiger partial charge in [-0.15, -0.1) is 0 Å². The maximum atomic E-state index is 14.2. The summed E-state index contributed by atoms with van der Waals surface area (Å²) in [5, 5.41) is 8.18. The molecule has 5 rings (SSSR count). The minimum Gasteiger partial charge on any atom is -0.381 e. The average Bonchev–Trinajstić information content (AvgIpc) is 3.29. The number of ether oxygens (including phenoxy) is 1. The Balaban J connectivity index is 1.50. The molecule has 1 aliphatic rings. The highest BCUT2D eigenvalue weighted by Gasteiger charge is 2.16. The number of anilines is 1. The molecule has 0 aromatic carbocycles. The number of aromatic amines is 1. The van der Waals surface area contributed by atoms with Gasteiger partial charge in [0.2, 0.25) is 5.95 Å². The van der Waals surface area contributed by atoms with Crippen LogP contribution in [0, 0.1) is 5.82 Å². The first kappa shape index (κ1) is 15.2. The van der Waals surface area contributed by atoms with Gasteiger partial charge in [0.05, 0.1) is 0 Å². The molecule has 0 amide bonds. The van der Waals surface area contributed by atoms with Crippen LogP contribution in [-0.4, -0.2) is 48.8 Å². The molecule has 1 fully saturated rings. The van der Waals surface area contributed by atoms with Gasteiger partial charge in [0.1, 0.15) is 12.0 Å². The summed E-state index contributed by atoms with van der Waals surface area (Å²) in [6.07, 6.45) is 8.49. The fourth-order valence-corrected chi connectivity index (χ4v) is 3.27. The Morgan fingerprint density at radius 1 is 1.27 bits per heavy atom. The Morgan fingerprint density at radius 2 is 2.15 bits per heavy atom. The summed E-state index contributed by atoms with van der Waals surface area (Å²) >= 11 is 0. The quantitative estimate of drug-likeness (QED) is 0.587. The summed E-state index contributed by atoms with van der Waals surface area (Å²) < 4.78 is 21.0. The SMILES string of the molecule is Fc1cc(-c2c[nH]c3nc(NC4CCOCC4)ncc23)cn2ncnc12. The van der Waals surface area contributed by atoms with Crippen LogP contribution >= 0.6 is 0 Å². The van der Waals surface area contributed by atoms with Crippen LogP contribution in [0.4, 0.5) is 10.3 Å². The second kappa shape index (κ2) is 6.03. The molecule has 0 saturated carbocycles. The van der Waals surface area contributed by atoms with E-state index in [1.54, 1.807) is 18.6 Å². The van der Waals surface area contributed by atoms with E-state index in [0.29, 0.717) is 23.2 Å². The van der Waals surface area contributed by atoms with Crippen LogP contribution in [0.1, 0.15) is 12.8 Å². The van der Waals surface area contributed by atoms with Crippen LogP contribution in [-0.2, 0) is 4.74 Å². The van der Waals surface area contributed by atoms with E-state index >= 15 is 0 Å². The fraction of sp³-hybridized carbons (Fsp3) is 0.294. The molecule has 5 heterocycles. The molecule has 1 saturated heterocycles. The zero-order valence-electron chi connectivity index (χ0n) is 13.8. The minimum absolute atomic E-state index is 0.202. The van der Waals surface area contributed by atoms with Crippen molar-refractivity contribution in [2.75, 3.05) is 18.5 Å². The van der Waals surface area contributed by atoms with Crippen molar-refractivity contribution in [1.29, 1.82) is 0 Å². The fourth-order valence-electron chi connectivity index (χ4n) is 3.27. The monoisotopic (exact) mass is 353 g/mol. The van der Waals surface area contributed by atoms with Gasteiger partial charge in [-0.3, -0.25) is 0 Å². The highest BCUT2D eigenvalue weighted by molar-refractivity contribution is 5.93. The molecule has 0 radical (unpaired) electrons. The summed E-state index contributed by atoms with van der Waals surface area (Å²) in [4.78, 5) is 16.0. The Labute approximate surface area is 147 Å². The predicted octanol–water partition coefficient (Wildman–Crippen LogP) is 2.40. The van der Waals surface area contributed by atoms with Crippen LogP contribution in [0.3, 0.4) is 0 Å². The topological polar surface area (TPSA) is 93.0 Å². The minimum atomic E-state index is -0.423. The summed E-state index contributed by atoms with van der Waals surface area (Å²) in [5.41, 5.74) is 2.39. The third-order valence-corrected chi connectivity index (χ3v) is 4.63. The summed E-state index contributed by atoms with van der Waals surface area (Å²) in [6.45, 7) is 1.51. The average molecular weight is 353 g/mol. The normalized spacial score (nSPS) is 15.7. The van der Waals surface area contributed by atoms with Crippen molar-refractivity contribution >= 4 is 22.6 Å². The molecule has 0 aliphatic carbocycles. The molecular weight excluding hydrogens is 337 g/mol. The van der Waals surface area contributed by atoms with Gasteiger partial charge in [0.25, 0.3) is 0 Å². The molecular formula is C17H16FN7O. The molecule has 8 nitrogen and oxygen atoms in total. The van der Waals surface area contributed by atoms with E-state index in [1.165, 1.54) is 16.9 Å². The Hall–Kier alpha value is -3.07. The van der Waals surface area contributed by atoms with Gasteiger partial charge in [0, 0.05) is 54.4 Å². The van der Waals surface area contributed by atoms with Crippen molar-refractivity contribution < 1.29 is 9.13 Å². The van der Waals surface area contributed by atoms with Crippen LogP contribution in [0.25, 0.3) is 27.8 Å². The lowest BCUT2D eigenvalue weighted by molar-refractivity contribution is 0.0903. The summed E-state index contributed by atoms with van der Waals surface area (Å²) in [5.74, 6) is 0.156. The first-order valence-corrected chi connectivity index (χ1v) is 8.45. The molecule has 26 heavy (non-hydrogen) atoms. The van der Waals surface area contributed by atoms with E-state index in [2.05, 4.69) is 30.4 Å². The number of pyridine rings is 1. The highest BCUT2D eigenvalue weighted by atomic mass is 19.1. The van der Waals surface area contributed by atoms with Crippen molar-refractivity contribution in [3.05, 3.63) is 36.8 Å². The second-order valence-corrected chi connectivity index (χ2v) is 6.29. The van der Waals surface area contributed by atoms with Gasteiger partial charge in [-0.1, -0.05) is 0 Å². The van der Waals surface area contributed by atoms with E-state index in [-0.39, 0.29) is 5.65 Å². The Kier molecular flexibility index (Phi) is 3.52. The van der Waals surface area contributed by atoms with Crippen LogP contribution in [0.5, 0.6) is 0 Å². The van der Waals surface area contributed by atoms with Crippen LogP contribution in [0.15, 0.2) is 31.0 Å². The zero-order chi connectivity index (χ0) is 17.5. The van der Waals surface area contributed by atoms with E-state index in [0.717, 1.165) is 37.0 Å². The van der Waals surface area contributed by atoms with E-state index < -0.39 is 5.82 Å². The number of nitrogens with zero attached hydrogens (tertiary/aromatic N) is 5. The summed E-state index contributed by atoms with van der Waals surface area (Å²) in [7, 11) is 0. The molecule has 0 bridgehead atoms. The molecule has 0 unspecified atom stereocenters. The van der Waals surface area contributed by atoms with Gasteiger partial charge < -0.3 is 15.0 Å². The molecule has 0 atom stereocenters. The number of nitrogens with one attached hydrogen (secondary N) is 2. The smallest absolute Gasteiger partial charge is 0.224 e. The van der Waals surface area contributed by atoms with Crippen LogP contribution in [0.2, 0.25) is 0 Å². The predicted molar refractivity (Wildman–Crippen MR) is 93.3 cm³/mol. The van der Waals surface area contributed by atoms with Gasteiger partial charge in [-0.2, -0.15) is 10.1 Å². The number of fused-ring (bicyclic) bond motifs is 2. The molecule has 2 N–H and O–H groups in total. The molecule has 0 spiro atoms. The highest BCUT2D eigenvalue weighted by Crippen LogP contribution is 2.29. The largest absolute Gasteiger partial charge is 0.381 e. The van der Waals surface area contributed by atoms with Gasteiger partial charge in [-0.05, 0) is 18.9 Å². The number of rotatable bonds is 3. The molecule has 4 aromatic rings. The van der Waals surface area contributed by atoms with Crippen molar-refractivity contribution in [1.82, 2.24) is 29.5 Å². The van der Waals surface area contributed by atoms with Crippen molar-refractivity contribution in [2.45, 2.75) is 18.9 Å². The number of halogens is 1. The molecule has 4 aromatic heterocycles. The third-order valence-electron chi connectivity index (χ3n) is 4.63. The van der Waals surface area contributed by atoms with Crippen molar-refractivity contribution in [3.63, 3.8) is 0 Å². The van der Waals surface area contributed by atoms with Gasteiger partial charge in [-0.25, -0.2) is 18.9 Å². The zero-order valence-corrected chi connectivity index (χ0v) is 13.8. The summed E-state index contributed by atoms with van der Waals surface area (Å²) in [6, 6.07) is 1.76. The first-order valence-electron chi connectivity index (χ1n) is 8.45. The lowest BCUT2D eigenvalue weighted by Crippen LogP contribution is -2.28. The van der Waals surface area contributed by atoms with E-state index in [9.17, 15) is 4.39 Å².